The van der Waals surface area contributed by atoms with Crippen LogP contribution in [-0.4, -0.2) is 190 Å². The zero-order valence-electron chi connectivity index (χ0n) is 82.2. The Bertz CT molecular complexity index is 6830. The minimum Gasteiger partial charge on any atom is -0.396 e. The lowest BCUT2D eigenvalue weighted by Crippen LogP contribution is -2.34. The second-order valence-corrected chi connectivity index (χ2v) is 40.2. The van der Waals surface area contributed by atoms with Crippen molar-refractivity contribution in [2.45, 2.75) is 229 Å². The number of fused-ring (bicyclic) bond motifs is 4. The molecule has 12 aromatic rings. The number of rotatable bonds is 28. The molecular weight excluding hydrogens is 1930 g/mol. The molecule has 2 aliphatic heterocycles. The number of anilines is 6. The van der Waals surface area contributed by atoms with E-state index >= 15 is 0 Å². The van der Waals surface area contributed by atoms with Gasteiger partial charge in [0.2, 0.25) is 39.7 Å². The predicted molar refractivity (Wildman–Crippen MR) is 546 cm³/mol. The largest absolute Gasteiger partial charge is 0.416 e. The van der Waals surface area contributed by atoms with Crippen molar-refractivity contribution in [3.8, 4) is 0 Å². The second kappa shape index (κ2) is 48.7. The molecule has 42 heteroatoms. The van der Waals surface area contributed by atoms with Crippen LogP contribution in [0.15, 0.2) is 175 Å². The molecule has 0 unspecified atom stereocenters. The van der Waals surface area contributed by atoms with Gasteiger partial charge in [-0.1, -0.05) is 62.1 Å². The summed E-state index contributed by atoms with van der Waals surface area (Å²) in [5.74, 6) is -0.380. The van der Waals surface area contributed by atoms with Crippen LogP contribution < -0.4 is 47.3 Å². The standard InChI is InChI=1S/C29H39N5O4S.C26H30F3N5O3.C25H28F3N5O3.C25H27N5O5/c1-38-18-15-30-39(36,37)25-12-8-9-23(20-25)28(35)32-29-31-26-19-22(21-33-16-6-3-7-17-33)13-14-27(26)34(29)24-10-4-2-5-11-24;1-15(2)30-25(37)31-19-8-11-22-21(13-19)32-24(34(22)20-9-6-16(14-35)7-10-20)33-23(36)17-4-3-5-18(12-17)26(27,28)29;1-2-29-24(36)30-18-8-11-21-20(13-18)31-23(33(21)19-9-6-15(14-34)7-10-19)32-22(35)16-4-3-5-17(12-16)25(26,27)28;31-20-9-7-18(8-10-20)29-22-11-6-16(15-28-12-2-5-23(28)32)13-21(22)26-25(29)27-24(33)17-3-1-4-19(14-17)30(34)35/h8-9,12-14,19-20,24,30H,2-7,10-11,15-18,21H2,1H3,(H,31,32,35);3-5,8,11-13,15-16,20,35H,6-7,9-10,14H2,1-2H3,(H2,30,31,37)(H,32,33,36);3-5,8,11-13,15,19,34H,2,6-7,9-10,14H2,1H3,(H2,29,30,36)(H,31,32,35);1,3-4,6,11,13-14,18,20,31H,2,5,7-10,12,15H2,(H,26,27,33). The summed E-state index contributed by atoms with van der Waals surface area (Å²) in [6.45, 7) is 11.0. The number of nitrogens with one attached hydrogen (secondary N) is 9. The normalized spacial score (nSPS) is 18.5. The van der Waals surface area contributed by atoms with E-state index in [0.717, 1.165) is 180 Å². The zero-order chi connectivity index (χ0) is 104. The molecule has 0 radical (unpaired) electrons. The first kappa shape index (κ1) is 107. The number of imidazole rings is 4. The van der Waals surface area contributed by atoms with Gasteiger partial charge in [-0.15, -0.1) is 0 Å². The van der Waals surface area contributed by atoms with Crippen LogP contribution in [0.5, 0.6) is 0 Å². The van der Waals surface area contributed by atoms with Crippen LogP contribution in [0.1, 0.15) is 250 Å². The maximum absolute atomic E-state index is 13.4. The molecule has 4 aliphatic carbocycles. The number of alkyl halides is 6. The Morgan fingerprint density at radius 2 is 0.884 bits per heavy atom. The van der Waals surface area contributed by atoms with E-state index in [1.165, 1.54) is 99.0 Å². The third-order valence-electron chi connectivity index (χ3n) is 27.5. The highest BCUT2D eigenvalue weighted by atomic mass is 32.2. The fourth-order valence-electron chi connectivity index (χ4n) is 20.0. The third kappa shape index (κ3) is 27.6. The predicted octanol–water partition coefficient (Wildman–Crippen LogP) is 19.2. The molecule has 782 valence electrons. The number of hydrogen-bond acceptors (Lipinski definition) is 20. The SMILES string of the molecule is CC(C)NC(=O)Nc1ccc2c(c1)nc(NC(=O)c1cccc(C(F)(F)F)c1)n2C1CCC(CO)CC1.CCNC(=O)Nc1ccc2c(c1)nc(NC(=O)c1cccc(C(F)(F)F)c1)n2C1CCC(CO)CC1.COCCNS(=O)(=O)c1cccc(C(=O)Nc2nc3cc(CN4CCCCC4)ccc3n2C2CCCCC2)c1.O=C(Nc1nc2cc(CN3CCCC3=O)ccc2n1C1CCC(O)CC1)c1cccc([N+](=O)[O-])c1. The van der Waals surface area contributed by atoms with Gasteiger partial charge >= 0.3 is 24.4 Å². The number of sulfonamides is 1. The number of piperidine rings is 1. The minimum absolute atomic E-state index is 0.0168. The van der Waals surface area contributed by atoms with E-state index < -0.39 is 56.1 Å². The van der Waals surface area contributed by atoms with Crippen molar-refractivity contribution in [1.82, 2.24) is 63.4 Å². The van der Waals surface area contributed by atoms with Crippen molar-refractivity contribution >= 4 is 137 Å². The van der Waals surface area contributed by atoms with Crippen LogP contribution in [-0.2, 0) is 45.0 Å². The van der Waals surface area contributed by atoms with Gasteiger partial charge in [0.25, 0.3) is 29.3 Å². The number of likely N-dealkylation sites (tertiary alicyclic amines) is 2. The van der Waals surface area contributed by atoms with Crippen LogP contribution in [0.2, 0.25) is 0 Å². The summed E-state index contributed by atoms with van der Waals surface area (Å²) in [6, 6.07) is 42.4. The molecule has 8 aromatic carbocycles. The molecule has 18 rings (SSSR count). The Morgan fingerprint density at radius 3 is 1.31 bits per heavy atom. The maximum atomic E-state index is 13.4. The van der Waals surface area contributed by atoms with Gasteiger partial charge in [-0.2, -0.15) is 26.3 Å². The number of aliphatic hydroxyl groups is 3. The highest BCUT2D eigenvalue weighted by molar-refractivity contribution is 7.89. The van der Waals surface area contributed by atoms with Crippen molar-refractivity contribution in [1.29, 1.82) is 0 Å². The van der Waals surface area contributed by atoms with Gasteiger partial charge in [-0.05, 0) is 287 Å². The number of hydrogen-bond donors (Lipinski definition) is 12. The molecule has 4 aromatic heterocycles. The van der Waals surface area contributed by atoms with Gasteiger partial charge in [-0.25, -0.2) is 42.7 Å². The molecule has 2 saturated heterocycles. The number of nitrogens with zero attached hydrogens (tertiary/aromatic N) is 11. The Morgan fingerprint density at radius 1 is 0.476 bits per heavy atom. The number of benzene rings is 8. The van der Waals surface area contributed by atoms with E-state index in [-0.39, 0.29) is 143 Å². The molecule has 6 aliphatic rings. The van der Waals surface area contributed by atoms with Crippen LogP contribution >= 0.6 is 0 Å². The topological polar surface area (TPSA) is 453 Å². The fourth-order valence-corrected chi connectivity index (χ4v) is 21.1. The fraction of sp³-hybridized carbons (Fsp3) is 0.438. The smallest absolute Gasteiger partial charge is 0.396 e. The van der Waals surface area contributed by atoms with Gasteiger partial charge in [-0.3, -0.25) is 60.3 Å². The van der Waals surface area contributed by atoms with E-state index in [2.05, 4.69) is 84.9 Å². The average Bonchev–Trinajstić information content (AvgIpc) is 1.63. The number of ether oxygens (including phenoxy) is 1. The maximum Gasteiger partial charge on any atom is 0.416 e. The van der Waals surface area contributed by atoms with Crippen molar-refractivity contribution in [2.75, 3.05) is 91.6 Å². The number of nitro groups is 1. The lowest BCUT2D eigenvalue weighted by atomic mass is 9.86. The summed E-state index contributed by atoms with van der Waals surface area (Å²) in [6.07, 6.45) is 10.5. The molecule has 0 atom stereocenters. The molecule has 4 saturated carbocycles. The average molecular weight is 2050 g/mol. The molecule has 12 N–H and O–H groups in total. The molecule has 6 heterocycles. The first-order valence-corrected chi connectivity index (χ1v) is 51.6. The summed E-state index contributed by atoms with van der Waals surface area (Å²) in [5.41, 5.74) is 7.36. The second-order valence-electron chi connectivity index (χ2n) is 38.4. The lowest BCUT2D eigenvalue weighted by Gasteiger charge is -2.29. The third-order valence-corrected chi connectivity index (χ3v) is 29.0. The van der Waals surface area contributed by atoms with Gasteiger partial charge in [0, 0.05) is 135 Å². The van der Waals surface area contributed by atoms with Crippen molar-refractivity contribution in [2.24, 2.45) is 11.8 Å². The molecule has 147 heavy (non-hydrogen) atoms. The van der Waals surface area contributed by atoms with Crippen LogP contribution in [0, 0.1) is 22.0 Å². The number of nitro benzene ring substituents is 1. The van der Waals surface area contributed by atoms with Gasteiger partial charge < -0.3 is 64.5 Å². The van der Waals surface area contributed by atoms with Gasteiger partial charge in [0.15, 0.2) is 0 Å². The number of carbonyl (C=O) groups is 7. The molecule has 0 spiro atoms. The van der Waals surface area contributed by atoms with Crippen LogP contribution in [0.25, 0.3) is 44.1 Å². The summed E-state index contributed by atoms with van der Waals surface area (Å²) in [5, 5.41) is 62.3. The summed E-state index contributed by atoms with van der Waals surface area (Å²) >= 11 is 0. The number of methoxy groups -OCH3 is 1. The van der Waals surface area contributed by atoms with E-state index in [1.807, 2.05) is 50.6 Å². The summed E-state index contributed by atoms with van der Waals surface area (Å²) in [4.78, 5) is 122. The monoisotopic (exact) mass is 2050 g/mol. The number of amides is 9. The molecule has 9 amide bonds. The van der Waals surface area contributed by atoms with Crippen molar-refractivity contribution < 1.29 is 93.3 Å². The molecule has 0 bridgehead atoms. The van der Waals surface area contributed by atoms with E-state index in [9.17, 15) is 93.8 Å². The quantitative estimate of drug-likeness (QED) is 0.00938. The number of carbonyl (C=O) groups excluding carboxylic acids is 7. The molecule has 6 fully saturated rings. The summed E-state index contributed by atoms with van der Waals surface area (Å²) < 4.78 is 120. The number of aromatic nitrogens is 8. The van der Waals surface area contributed by atoms with Gasteiger partial charge in [0.05, 0.1) is 77.8 Å². The first-order chi connectivity index (χ1) is 70.6. The molecule has 35 nitrogen and oxygen atoms in total. The minimum atomic E-state index is -4.57. The summed E-state index contributed by atoms with van der Waals surface area (Å²) in [7, 11) is -2.25. The van der Waals surface area contributed by atoms with Crippen molar-refractivity contribution in [3.63, 3.8) is 0 Å². The number of aliphatic hydroxyl groups excluding tert-OH is 3. The lowest BCUT2D eigenvalue weighted by molar-refractivity contribution is -0.384. The van der Waals surface area contributed by atoms with Gasteiger partial charge in [0.1, 0.15) is 0 Å². The highest BCUT2D eigenvalue weighted by Gasteiger charge is 2.37. The molecular formula is C105H124F6N20O15S. The van der Waals surface area contributed by atoms with E-state index in [4.69, 9.17) is 14.7 Å². The number of urea groups is 2. The van der Waals surface area contributed by atoms with Crippen molar-refractivity contribution in [3.05, 3.63) is 224 Å². The first-order valence-electron chi connectivity index (χ1n) is 50.1. The van der Waals surface area contributed by atoms with E-state index in [1.54, 1.807) is 55.5 Å². The van der Waals surface area contributed by atoms with Crippen LogP contribution in [0.4, 0.5) is 76.8 Å². The van der Waals surface area contributed by atoms with Crippen LogP contribution in [0.3, 0.4) is 0 Å². The Hall–Kier alpha value is -13.8. The Labute approximate surface area is 845 Å². The number of non-ortho nitro benzene ring substituents is 1. The zero-order valence-corrected chi connectivity index (χ0v) is 83.1. The van der Waals surface area contributed by atoms with E-state index in [0.29, 0.717) is 72.2 Å². The highest BCUT2D eigenvalue weighted by Crippen LogP contribution is 2.43. The Balaban J connectivity index is 0.000000147. The Kier molecular flexibility index (Phi) is 35.6. The number of halogens is 6.